The molecule has 0 bridgehead atoms. The van der Waals surface area contributed by atoms with Gasteiger partial charge in [0.2, 0.25) is 0 Å². The van der Waals surface area contributed by atoms with Gasteiger partial charge < -0.3 is 9.73 Å². The number of aromatic nitrogens is 2. The van der Waals surface area contributed by atoms with Crippen molar-refractivity contribution in [2.24, 2.45) is 0 Å². The van der Waals surface area contributed by atoms with Gasteiger partial charge in [0.15, 0.2) is 5.76 Å². The van der Waals surface area contributed by atoms with Gasteiger partial charge in [-0.05, 0) is 31.0 Å². The van der Waals surface area contributed by atoms with Crippen molar-refractivity contribution in [1.29, 1.82) is 0 Å². The van der Waals surface area contributed by atoms with E-state index < -0.39 is 35.2 Å². The fraction of sp³-hybridized carbons (Fsp3) is 0.333. The Hall–Kier alpha value is -2.81. The van der Waals surface area contributed by atoms with Crippen LogP contribution in [-0.2, 0) is 6.54 Å². The maximum Gasteiger partial charge on any atom is 0.287 e. The van der Waals surface area contributed by atoms with Crippen molar-refractivity contribution in [3.8, 4) is 0 Å². The minimum atomic E-state index is -3.11. The van der Waals surface area contributed by atoms with Crippen molar-refractivity contribution in [2.45, 2.75) is 45.7 Å². The second kappa shape index (κ2) is 9.55. The second-order valence-corrected chi connectivity index (χ2v) is 7.33. The molecule has 1 amide bonds. The topological polar surface area (TPSA) is 60.1 Å². The molecule has 5 nitrogen and oxygen atoms in total. The summed E-state index contributed by atoms with van der Waals surface area (Å²) in [6.45, 7) is 3.51. The number of nitrogens with one attached hydrogen (secondary N) is 1. The van der Waals surface area contributed by atoms with Crippen molar-refractivity contribution in [1.82, 2.24) is 15.1 Å². The maximum absolute atomic E-state index is 13.3. The van der Waals surface area contributed by atoms with E-state index >= 15 is 0 Å². The molecule has 1 aromatic carbocycles. The first-order valence-corrected chi connectivity index (χ1v) is 9.87. The van der Waals surface area contributed by atoms with Gasteiger partial charge in [-0.3, -0.25) is 9.48 Å². The minimum absolute atomic E-state index is 0.0357. The molecule has 0 saturated heterocycles. The van der Waals surface area contributed by atoms with E-state index in [1.807, 2.05) is 38.1 Å². The van der Waals surface area contributed by atoms with Crippen molar-refractivity contribution in [2.75, 3.05) is 0 Å². The van der Waals surface area contributed by atoms with Crippen LogP contribution >= 0.6 is 11.6 Å². The van der Waals surface area contributed by atoms with Gasteiger partial charge in [-0.25, -0.2) is 17.6 Å². The molecule has 0 aliphatic carbocycles. The van der Waals surface area contributed by atoms with Crippen molar-refractivity contribution in [3.63, 3.8) is 0 Å². The highest BCUT2D eigenvalue weighted by molar-refractivity contribution is 6.32. The molecule has 1 atom stereocenters. The van der Waals surface area contributed by atoms with Gasteiger partial charge in [-0.1, -0.05) is 48.4 Å². The predicted octanol–water partition coefficient (Wildman–Crippen LogP) is 6.24. The predicted molar refractivity (Wildman–Crippen MR) is 107 cm³/mol. The average molecular weight is 458 g/mol. The summed E-state index contributed by atoms with van der Waals surface area (Å²) in [6.07, 6.45) is -5.57. The zero-order valence-electron chi connectivity index (χ0n) is 16.7. The minimum Gasteiger partial charge on any atom is -0.454 e. The number of carbonyl (C=O) groups is 1. The van der Waals surface area contributed by atoms with Crippen LogP contribution in [0.15, 0.2) is 40.8 Å². The Kier molecular flexibility index (Phi) is 7.04. The van der Waals surface area contributed by atoms with E-state index in [2.05, 4.69) is 10.4 Å². The molecule has 1 N–H and O–H groups in total. The lowest BCUT2D eigenvalue weighted by Gasteiger charge is -2.17. The van der Waals surface area contributed by atoms with Crippen molar-refractivity contribution < 1.29 is 26.8 Å². The molecule has 166 valence electrons. The average Bonchev–Trinajstić information content (AvgIpc) is 3.31. The molecule has 3 aromatic rings. The Bertz CT molecular complexity index is 1050. The Morgan fingerprint density at radius 1 is 1.13 bits per heavy atom. The molecule has 10 heteroatoms. The van der Waals surface area contributed by atoms with Crippen LogP contribution in [0.5, 0.6) is 0 Å². The number of benzene rings is 1. The fourth-order valence-electron chi connectivity index (χ4n) is 3.12. The zero-order valence-corrected chi connectivity index (χ0v) is 17.5. The van der Waals surface area contributed by atoms with Gasteiger partial charge in [-0.15, -0.1) is 0 Å². The Morgan fingerprint density at radius 3 is 2.39 bits per heavy atom. The zero-order chi connectivity index (χ0) is 22.7. The third-order valence-electron chi connectivity index (χ3n) is 4.75. The fourth-order valence-corrected chi connectivity index (χ4v) is 3.42. The lowest BCUT2D eigenvalue weighted by atomic mass is 10.0. The van der Waals surface area contributed by atoms with Gasteiger partial charge in [0.05, 0.1) is 17.6 Å². The summed E-state index contributed by atoms with van der Waals surface area (Å²) >= 11 is 5.64. The van der Waals surface area contributed by atoms with Crippen molar-refractivity contribution in [3.05, 3.63) is 75.5 Å². The Morgan fingerprint density at radius 2 is 1.81 bits per heavy atom. The SMILES string of the molecule is CCC(NC(=O)c1ccc(Cn2nc(C(F)F)c(Cl)c2C(F)F)o1)c1ccc(C)cc1. The number of alkyl halides is 4. The molecule has 0 fully saturated rings. The third kappa shape index (κ3) is 5.10. The summed E-state index contributed by atoms with van der Waals surface area (Å²) in [5.41, 5.74) is 0.271. The molecular weight excluding hydrogens is 438 g/mol. The molecule has 0 spiro atoms. The first-order valence-electron chi connectivity index (χ1n) is 9.49. The first-order chi connectivity index (χ1) is 14.7. The van der Waals surface area contributed by atoms with E-state index in [9.17, 15) is 22.4 Å². The molecule has 0 aliphatic heterocycles. The van der Waals surface area contributed by atoms with Crippen LogP contribution in [-0.4, -0.2) is 15.7 Å². The second-order valence-electron chi connectivity index (χ2n) is 6.95. The van der Waals surface area contributed by atoms with Crippen LogP contribution in [0.3, 0.4) is 0 Å². The highest BCUT2D eigenvalue weighted by Crippen LogP contribution is 2.35. The number of halogens is 5. The van der Waals surface area contributed by atoms with Crippen LogP contribution in [0, 0.1) is 6.92 Å². The van der Waals surface area contributed by atoms with E-state index in [4.69, 9.17) is 16.0 Å². The van der Waals surface area contributed by atoms with Gasteiger partial charge in [0.25, 0.3) is 18.8 Å². The van der Waals surface area contributed by atoms with E-state index in [0.717, 1.165) is 11.1 Å². The molecule has 31 heavy (non-hydrogen) atoms. The van der Waals surface area contributed by atoms with Gasteiger partial charge in [-0.2, -0.15) is 5.10 Å². The van der Waals surface area contributed by atoms with Gasteiger partial charge >= 0.3 is 0 Å². The molecule has 0 radical (unpaired) electrons. The molecule has 1 unspecified atom stereocenters. The Balaban J connectivity index is 1.76. The molecule has 2 heterocycles. The monoisotopic (exact) mass is 457 g/mol. The normalized spacial score (nSPS) is 12.5. The van der Waals surface area contributed by atoms with Gasteiger partial charge in [0.1, 0.15) is 17.1 Å². The number of hydrogen-bond acceptors (Lipinski definition) is 3. The molecule has 3 rings (SSSR count). The van der Waals surface area contributed by atoms with Crippen molar-refractivity contribution >= 4 is 17.5 Å². The van der Waals surface area contributed by atoms with Crippen LogP contribution in [0.1, 0.15) is 71.1 Å². The number of amides is 1. The number of nitrogens with zero attached hydrogens (tertiary/aromatic N) is 2. The van der Waals surface area contributed by atoms with E-state index in [0.29, 0.717) is 11.1 Å². The quantitative estimate of drug-likeness (QED) is 0.407. The van der Waals surface area contributed by atoms with E-state index in [1.165, 1.54) is 12.1 Å². The van der Waals surface area contributed by atoms with E-state index in [-0.39, 0.29) is 24.1 Å². The van der Waals surface area contributed by atoms with Crippen LogP contribution in [0.2, 0.25) is 5.02 Å². The Labute approximate surface area is 181 Å². The highest BCUT2D eigenvalue weighted by Gasteiger charge is 2.28. The summed E-state index contributed by atoms with van der Waals surface area (Å²) < 4.78 is 58.6. The lowest BCUT2D eigenvalue weighted by Crippen LogP contribution is -2.27. The van der Waals surface area contributed by atoms with Crippen LogP contribution in [0.25, 0.3) is 0 Å². The number of aryl methyl sites for hydroxylation is 1. The maximum atomic E-state index is 13.3. The number of rotatable bonds is 8. The molecule has 0 aliphatic rings. The lowest BCUT2D eigenvalue weighted by molar-refractivity contribution is 0.0904. The number of furan rings is 1. The van der Waals surface area contributed by atoms with Crippen LogP contribution in [0.4, 0.5) is 17.6 Å². The van der Waals surface area contributed by atoms with Crippen LogP contribution < -0.4 is 5.32 Å². The summed E-state index contributed by atoms with van der Waals surface area (Å²) in [7, 11) is 0. The number of hydrogen-bond donors (Lipinski definition) is 1. The van der Waals surface area contributed by atoms with E-state index in [1.54, 1.807) is 0 Å². The standard InChI is InChI=1S/C21H20ClF4N3O2/c1-3-14(12-6-4-11(2)5-7-12)27-21(30)15-9-8-13(31-15)10-29-18(20(25)26)16(22)17(28-29)19(23)24/h4-9,14,19-20H,3,10H2,1-2H3,(H,27,30). The molecule has 0 saturated carbocycles. The third-order valence-corrected chi connectivity index (χ3v) is 5.14. The molecular formula is C21H20ClF4N3O2. The smallest absolute Gasteiger partial charge is 0.287 e. The number of carbonyl (C=O) groups excluding carboxylic acids is 1. The first kappa shape index (κ1) is 22.9. The summed E-state index contributed by atoms with van der Waals surface area (Å²) in [4.78, 5) is 12.6. The largest absolute Gasteiger partial charge is 0.454 e. The molecule has 2 aromatic heterocycles. The summed E-state index contributed by atoms with van der Waals surface area (Å²) in [5, 5.41) is 5.56. The highest BCUT2D eigenvalue weighted by atomic mass is 35.5. The summed E-state index contributed by atoms with van der Waals surface area (Å²) in [6, 6.07) is 10.3. The van der Waals surface area contributed by atoms with Gasteiger partial charge in [0, 0.05) is 0 Å². The summed E-state index contributed by atoms with van der Waals surface area (Å²) in [5.74, 6) is -0.429.